The monoisotopic (exact) mass is 253 g/mol. The standard InChI is InChI=1S/C9H13Cl2NO3/c1-5(2-3-7(13)14)12-8(15)6-4-9(6,10)11/h5-6H,2-4H2,1H3,(H,12,15)(H,13,14). The zero-order chi connectivity index (χ0) is 11.6. The number of nitrogens with one attached hydrogen (secondary N) is 1. The summed E-state index contributed by atoms with van der Waals surface area (Å²) in [5.41, 5.74) is 0. The average molecular weight is 254 g/mol. The van der Waals surface area contributed by atoms with Crippen molar-refractivity contribution in [3.05, 3.63) is 0 Å². The lowest BCUT2D eigenvalue weighted by atomic mass is 10.2. The van der Waals surface area contributed by atoms with Crippen LogP contribution in [0.5, 0.6) is 0 Å². The third kappa shape index (κ3) is 3.87. The van der Waals surface area contributed by atoms with Gasteiger partial charge < -0.3 is 10.4 Å². The lowest BCUT2D eigenvalue weighted by molar-refractivity contribution is -0.137. The van der Waals surface area contributed by atoms with Crippen molar-refractivity contribution in [2.75, 3.05) is 0 Å². The van der Waals surface area contributed by atoms with Crippen LogP contribution in [0.1, 0.15) is 26.2 Å². The average Bonchev–Trinajstić information content (AvgIpc) is 2.72. The summed E-state index contributed by atoms with van der Waals surface area (Å²) < 4.78 is -0.920. The Morgan fingerprint density at radius 1 is 1.60 bits per heavy atom. The van der Waals surface area contributed by atoms with Crippen molar-refractivity contribution in [3.8, 4) is 0 Å². The molecular weight excluding hydrogens is 241 g/mol. The van der Waals surface area contributed by atoms with Crippen LogP contribution in [-0.2, 0) is 9.59 Å². The second kappa shape index (κ2) is 4.58. The zero-order valence-corrected chi connectivity index (χ0v) is 9.81. The van der Waals surface area contributed by atoms with Crippen LogP contribution in [0.2, 0.25) is 0 Å². The number of hydrogen-bond donors (Lipinski definition) is 2. The third-order valence-electron chi connectivity index (χ3n) is 2.32. The number of carbonyl (C=O) groups excluding carboxylic acids is 1. The van der Waals surface area contributed by atoms with E-state index < -0.39 is 10.3 Å². The summed E-state index contributed by atoms with van der Waals surface area (Å²) in [6.45, 7) is 1.76. The fourth-order valence-electron chi connectivity index (χ4n) is 1.25. The molecule has 1 aliphatic rings. The molecule has 86 valence electrons. The van der Waals surface area contributed by atoms with E-state index in [4.69, 9.17) is 28.3 Å². The lowest BCUT2D eigenvalue weighted by Gasteiger charge is -2.12. The summed E-state index contributed by atoms with van der Waals surface area (Å²) in [4.78, 5) is 21.7. The normalized spacial score (nSPS) is 24.3. The highest BCUT2D eigenvalue weighted by molar-refractivity contribution is 6.52. The first-order chi connectivity index (χ1) is 6.83. The number of alkyl halides is 2. The van der Waals surface area contributed by atoms with E-state index in [-0.39, 0.29) is 24.3 Å². The molecule has 1 amide bonds. The van der Waals surface area contributed by atoms with E-state index in [2.05, 4.69) is 5.32 Å². The Labute approximate surface area is 97.9 Å². The van der Waals surface area contributed by atoms with Crippen LogP contribution in [0.3, 0.4) is 0 Å². The molecule has 2 N–H and O–H groups in total. The van der Waals surface area contributed by atoms with Gasteiger partial charge in [-0.1, -0.05) is 0 Å². The molecular formula is C9H13Cl2NO3. The smallest absolute Gasteiger partial charge is 0.303 e. The molecule has 0 radical (unpaired) electrons. The third-order valence-corrected chi connectivity index (χ3v) is 3.16. The van der Waals surface area contributed by atoms with Crippen molar-refractivity contribution in [3.63, 3.8) is 0 Å². The topological polar surface area (TPSA) is 66.4 Å². The van der Waals surface area contributed by atoms with E-state index in [0.717, 1.165) is 0 Å². The van der Waals surface area contributed by atoms with E-state index >= 15 is 0 Å². The van der Waals surface area contributed by atoms with Crippen molar-refractivity contribution >= 4 is 35.1 Å². The predicted octanol–water partition coefficient (Wildman–Crippen LogP) is 1.55. The summed E-state index contributed by atoms with van der Waals surface area (Å²) in [6.07, 6.45) is 0.915. The van der Waals surface area contributed by atoms with Crippen LogP contribution in [-0.4, -0.2) is 27.4 Å². The minimum Gasteiger partial charge on any atom is -0.481 e. The molecule has 4 nitrogen and oxygen atoms in total. The molecule has 0 aliphatic heterocycles. The second-order valence-corrected chi connectivity index (χ2v) is 5.40. The maximum Gasteiger partial charge on any atom is 0.303 e. The Bertz CT molecular complexity index is 281. The molecule has 0 heterocycles. The van der Waals surface area contributed by atoms with Crippen LogP contribution in [0.15, 0.2) is 0 Å². The van der Waals surface area contributed by atoms with Crippen molar-refractivity contribution in [2.24, 2.45) is 5.92 Å². The van der Waals surface area contributed by atoms with E-state index in [1.165, 1.54) is 0 Å². The molecule has 1 fully saturated rings. The van der Waals surface area contributed by atoms with E-state index in [0.29, 0.717) is 12.8 Å². The minimum atomic E-state index is -0.920. The zero-order valence-electron chi connectivity index (χ0n) is 8.30. The molecule has 6 heteroatoms. The Hall–Kier alpha value is -0.480. The quantitative estimate of drug-likeness (QED) is 0.731. The lowest BCUT2D eigenvalue weighted by Crippen LogP contribution is -2.35. The van der Waals surface area contributed by atoms with Gasteiger partial charge in [0.25, 0.3) is 0 Å². The molecule has 2 unspecified atom stereocenters. The molecule has 0 aromatic carbocycles. The highest BCUT2D eigenvalue weighted by atomic mass is 35.5. The number of aliphatic carboxylic acids is 1. The Balaban J connectivity index is 2.24. The maximum absolute atomic E-state index is 11.4. The van der Waals surface area contributed by atoms with Crippen LogP contribution in [0.25, 0.3) is 0 Å². The van der Waals surface area contributed by atoms with Crippen molar-refractivity contribution in [2.45, 2.75) is 36.6 Å². The first-order valence-corrected chi connectivity index (χ1v) is 5.48. The molecule has 0 bridgehead atoms. The van der Waals surface area contributed by atoms with Crippen molar-refractivity contribution in [1.82, 2.24) is 5.32 Å². The highest BCUT2D eigenvalue weighted by Gasteiger charge is 2.56. The van der Waals surface area contributed by atoms with Gasteiger partial charge in [-0.3, -0.25) is 9.59 Å². The number of carboxylic acid groups (broad SMARTS) is 1. The SMILES string of the molecule is CC(CCC(=O)O)NC(=O)C1CC1(Cl)Cl. The van der Waals surface area contributed by atoms with Gasteiger partial charge in [-0.05, 0) is 19.8 Å². The van der Waals surface area contributed by atoms with Gasteiger partial charge in [0, 0.05) is 12.5 Å². The molecule has 1 aliphatic carbocycles. The summed E-state index contributed by atoms with van der Waals surface area (Å²) in [7, 11) is 0. The molecule has 0 aromatic rings. The van der Waals surface area contributed by atoms with E-state index in [9.17, 15) is 9.59 Å². The Morgan fingerprint density at radius 2 is 2.13 bits per heavy atom. The van der Waals surface area contributed by atoms with Gasteiger partial charge in [0.2, 0.25) is 5.91 Å². The number of rotatable bonds is 5. The molecule has 1 rings (SSSR count). The minimum absolute atomic E-state index is 0.0407. The Morgan fingerprint density at radius 3 is 2.53 bits per heavy atom. The largest absolute Gasteiger partial charge is 0.481 e. The predicted molar refractivity (Wildman–Crippen MR) is 57.0 cm³/mol. The summed E-state index contributed by atoms with van der Waals surface area (Å²) in [5.74, 6) is -1.42. The fraction of sp³-hybridized carbons (Fsp3) is 0.778. The van der Waals surface area contributed by atoms with Crippen molar-refractivity contribution in [1.29, 1.82) is 0 Å². The molecule has 0 aromatic heterocycles. The van der Waals surface area contributed by atoms with Gasteiger partial charge in [-0.2, -0.15) is 0 Å². The number of carboxylic acids is 1. The van der Waals surface area contributed by atoms with Crippen LogP contribution >= 0.6 is 23.2 Å². The van der Waals surface area contributed by atoms with Gasteiger partial charge in [0.15, 0.2) is 0 Å². The second-order valence-electron chi connectivity index (χ2n) is 3.86. The number of carbonyl (C=O) groups is 2. The fourth-order valence-corrected chi connectivity index (χ4v) is 1.76. The van der Waals surface area contributed by atoms with Gasteiger partial charge >= 0.3 is 5.97 Å². The summed E-state index contributed by atoms with van der Waals surface area (Å²) >= 11 is 11.4. The Kier molecular flexibility index (Phi) is 3.84. The van der Waals surface area contributed by atoms with Crippen molar-refractivity contribution < 1.29 is 14.7 Å². The molecule has 15 heavy (non-hydrogen) atoms. The van der Waals surface area contributed by atoms with Gasteiger partial charge in [-0.25, -0.2) is 0 Å². The van der Waals surface area contributed by atoms with Gasteiger partial charge in [0.05, 0.1) is 5.92 Å². The maximum atomic E-state index is 11.4. The van der Waals surface area contributed by atoms with Crippen LogP contribution in [0.4, 0.5) is 0 Å². The summed E-state index contributed by atoms with van der Waals surface area (Å²) in [5, 5.41) is 11.1. The molecule has 0 saturated heterocycles. The molecule has 1 saturated carbocycles. The first-order valence-electron chi connectivity index (χ1n) is 4.73. The number of hydrogen-bond acceptors (Lipinski definition) is 2. The van der Waals surface area contributed by atoms with E-state index in [1.807, 2.05) is 0 Å². The molecule has 2 atom stereocenters. The van der Waals surface area contributed by atoms with E-state index in [1.54, 1.807) is 6.92 Å². The first kappa shape index (κ1) is 12.6. The van der Waals surface area contributed by atoms with Crippen LogP contribution < -0.4 is 5.32 Å². The number of amides is 1. The highest BCUT2D eigenvalue weighted by Crippen LogP contribution is 2.53. The molecule has 0 spiro atoms. The van der Waals surface area contributed by atoms with Gasteiger partial charge in [0.1, 0.15) is 4.33 Å². The number of halogens is 2. The van der Waals surface area contributed by atoms with Crippen LogP contribution in [0, 0.1) is 5.92 Å². The van der Waals surface area contributed by atoms with Gasteiger partial charge in [-0.15, -0.1) is 23.2 Å². The summed E-state index contributed by atoms with van der Waals surface area (Å²) in [6, 6.07) is -0.168.